The summed E-state index contributed by atoms with van der Waals surface area (Å²) >= 11 is 0. The second kappa shape index (κ2) is 4.66. The van der Waals surface area contributed by atoms with Gasteiger partial charge in [0.1, 0.15) is 0 Å². The van der Waals surface area contributed by atoms with Gasteiger partial charge in [0.25, 0.3) is 0 Å². The molecule has 1 N–H and O–H groups in total. The van der Waals surface area contributed by atoms with Crippen molar-refractivity contribution in [3.63, 3.8) is 0 Å². The Morgan fingerprint density at radius 2 is 2.18 bits per heavy atom. The van der Waals surface area contributed by atoms with E-state index in [4.69, 9.17) is 5.11 Å². The largest absolute Gasteiger partial charge is 0.478 e. The fourth-order valence-corrected chi connectivity index (χ4v) is 0.746. The molecule has 0 aliphatic heterocycles. The van der Waals surface area contributed by atoms with Crippen molar-refractivity contribution in [1.29, 1.82) is 0 Å². The van der Waals surface area contributed by atoms with E-state index in [0.717, 1.165) is 5.57 Å². The number of aliphatic carboxylic acids is 1. The molecule has 0 saturated carbocycles. The highest BCUT2D eigenvalue weighted by Gasteiger charge is 2.04. The zero-order chi connectivity index (χ0) is 8.85. The van der Waals surface area contributed by atoms with Crippen molar-refractivity contribution in [3.05, 3.63) is 11.1 Å². The van der Waals surface area contributed by atoms with Crippen LogP contribution in [0.3, 0.4) is 0 Å². The number of carbonyl (C=O) groups is 1. The van der Waals surface area contributed by atoms with Gasteiger partial charge in [0.05, 0.1) is 0 Å². The fourth-order valence-electron chi connectivity index (χ4n) is 0.746. The standard InChI is InChI=1S/C8H13NO2/c1-4-7(5-9-3)6(2)8(10)11/h5H,4H2,1-3H3,(H,10,11)/b7-6+,9-5?. The summed E-state index contributed by atoms with van der Waals surface area (Å²) in [6.07, 6.45) is 2.29. The van der Waals surface area contributed by atoms with Crippen LogP contribution >= 0.6 is 0 Å². The Labute approximate surface area is 66.5 Å². The normalized spacial score (nSPS) is 13.4. The maximum atomic E-state index is 10.5. The molecule has 3 nitrogen and oxygen atoms in total. The number of nitrogens with zero attached hydrogens (tertiary/aromatic N) is 1. The van der Waals surface area contributed by atoms with E-state index in [2.05, 4.69) is 4.99 Å². The lowest BCUT2D eigenvalue weighted by Gasteiger charge is -1.98. The molecule has 62 valence electrons. The fraction of sp³-hybridized carbons (Fsp3) is 0.500. The number of rotatable bonds is 3. The summed E-state index contributed by atoms with van der Waals surface area (Å²) in [6.45, 7) is 3.49. The Morgan fingerprint density at radius 1 is 1.64 bits per heavy atom. The Morgan fingerprint density at radius 3 is 2.45 bits per heavy atom. The summed E-state index contributed by atoms with van der Waals surface area (Å²) in [6, 6.07) is 0. The smallest absolute Gasteiger partial charge is 0.331 e. The Balaban J connectivity index is 4.67. The first-order valence-electron chi connectivity index (χ1n) is 3.48. The van der Waals surface area contributed by atoms with Crippen LogP contribution in [0.25, 0.3) is 0 Å². The topological polar surface area (TPSA) is 49.7 Å². The highest BCUT2D eigenvalue weighted by molar-refractivity contribution is 5.94. The average molecular weight is 155 g/mol. The maximum Gasteiger partial charge on any atom is 0.331 e. The van der Waals surface area contributed by atoms with Crippen molar-refractivity contribution < 1.29 is 9.90 Å². The van der Waals surface area contributed by atoms with E-state index in [0.29, 0.717) is 12.0 Å². The molecule has 3 heteroatoms. The van der Waals surface area contributed by atoms with Crippen LogP contribution in [0.2, 0.25) is 0 Å². The van der Waals surface area contributed by atoms with Gasteiger partial charge >= 0.3 is 5.97 Å². The molecule has 0 unspecified atom stereocenters. The predicted molar refractivity (Wildman–Crippen MR) is 45.0 cm³/mol. The Bertz CT molecular complexity index is 204. The van der Waals surface area contributed by atoms with Crippen molar-refractivity contribution in [2.24, 2.45) is 4.99 Å². The molecule has 0 aliphatic carbocycles. The monoisotopic (exact) mass is 155 g/mol. The molecule has 0 saturated heterocycles. The molecule has 0 spiro atoms. The third-order valence-corrected chi connectivity index (χ3v) is 1.47. The number of aliphatic imine (C=N–C) groups is 1. The number of allylic oxidation sites excluding steroid dienone is 1. The second-order valence-electron chi connectivity index (χ2n) is 2.20. The predicted octanol–water partition coefficient (Wildman–Crippen LogP) is 1.50. The Kier molecular flexibility index (Phi) is 4.18. The van der Waals surface area contributed by atoms with Gasteiger partial charge in [0.15, 0.2) is 0 Å². The summed E-state index contributed by atoms with van der Waals surface area (Å²) in [4.78, 5) is 14.2. The quantitative estimate of drug-likeness (QED) is 0.496. The van der Waals surface area contributed by atoms with Crippen LogP contribution in [0, 0.1) is 0 Å². The molecule has 0 radical (unpaired) electrons. The third-order valence-electron chi connectivity index (χ3n) is 1.47. The molecule has 11 heavy (non-hydrogen) atoms. The van der Waals surface area contributed by atoms with Crippen LogP contribution in [0.4, 0.5) is 0 Å². The molecule has 0 aromatic carbocycles. The van der Waals surface area contributed by atoms with Crippen molar-refractivity contribution in [2.75, 3.05) is 7.05 Å². The SMILES string of the molecule is CC/C(C=NC)=C(/C)C(=O)O. The highest BCUT2D eigenvalue weighted by atomic mass is 16.4. The summed E-state index contributed by atoms with van der Waals surface area (Å²) in [7, 11) is 1.63. The maximum absolute atomic E-state index is 10.5. The molecule has 0 aromatic rings. The molecule has 0 fully saturated rings. The first-order chi connectivity index (χ1) is 5.13. The molecular weight excluding hydrogens is 142 g/mol. The summed E-state index contributed by atoms with van der Waals surface area (Å²) in [5.41, 5.74) is 1.15. The first-order valence-corrected chi connectivity index (χ1v) is 3.48. The summed E-state index contributed by atoms with van der Waals surface area (Å²) < 4.78 is 0. The first kappa shape index (κ1) is 9.88. The minimum atomic E-state index is -0.873. The zero-order valence-corrected chi connectivity index (χ0v) is 7.09. The van der Waals surface area contributed by atoms with Crippen LogP contribution in [0.15, 0.2) is 16.1 Å². The zero-order valence-electron chi connectivity index (χ0n) is 7.09. The molecule has 0 atom stereocenters. The molecule has 0 heterocycles. The van der Waals surface area contributed by atoms with Gasteiger partial charge < -0.3 is 5.11 Å². The van der Waals surface area contributed by atoms with Gasteiger partial charge in [-0.3, -0.25) is 4.99 Å². The van der Waals surface area contributed by atoms with Gasteiger partial charge in [0, 0.05) is 18.8 Å². The van der Waals surface area contributed by atoms with Gasteiger partial charge in [-0.05, 0) is 18.9 Å². The van der Waals surface area contributed by atoms with E-state index in [-0.39, 0.29) is 0 Å². The third kappa shape index (κ3) is 2.98. The van der Waals surface area contributed by atoms with Crippen molar-refractivity contribution in [2.45, 2.75) is 20.3 Å². The van der Waals surface area contributed by atoms with Crippen molar-refractivity contribution >= 4 is 12.2 Å². The van der Waals surface area contributed by atoms with Crippen LogP contribution in [-0.2, 0) is 4.79 Å². The van der Waals surface area contributed by atoms with E-state index in [9.17, 15) is 4.79 Å². The van der Waals surface area contributed by atoms with Gasteiger partial charge in [0.2, 0.25) is 0 Å². The molecule has 0 aliphatic rings. The van der Waals surface area contributed by atoms with Crippen LogP contribution < -0.4 is 0 Å². The molecule has 0 amide bonds. The van der Waals surface area contributed by atoms with E-state index in [1.54, 1.807) is 20.2 Å². The van der Waals surface area contributed by atoms with E-state index < -0.39 is 5.97 Å². The second-order valence-corrected chi connectivity index (χ2v) is 2.20. The van der Waals surface area contributed by atoms with Crippen LogP contribution in [0.1, 0.15) is 20.3 Å². The lowest BCUT2D eigenvalue weighted by Crippen LogP contribution is -2.01. The Hall–Kier alpha value is -1.12. The number of carboxylic acids is 1. The van der Waals surface area contributed by atoms with E-state index in [1.165, 1.54) is 0 Å². The van der Waals surface area contributed by atoms with Gasteiger partial charge in [-0.2, -0.15) is 0 Å². The van der Waals surface area contributed by atoms with Gasteiger partial charge in [-0.15, -0.1) is 0 Å². The van der Waals surface area contributed by atoms with E-state index in [1.807, 2.05) is 6.92 Å². The lowest BCUT2D eigenvalue weighted by molar-refractivity contribution is -0.132. The van der Waals surface area contributed by atoms with Crippen molar-refractivity contribution in [3.8, 4) is 0 Å². The summed E-state index contributed by atoms with van der Waals surface area (Å²) in [5.74, 6) is -0.873. The number of hydrogen-bond donors (Lipinski definition) is 1. The highest BCUT2D eigenvalue weighted by Crippen LogP contribution is 2.05. The molecule has 0 aromatic heterocycles. The number of hydrogen-bond acceptors (Lipinski definition) is 2. The van der Waals surface area contributed by atoms with Crippen LogP contribution in [-0.4, -0.2) is 24.3 Å². The lowest BCUT2D eigenvalue weighted by atomic mass is 10.1. The van der Waals surface area contributed by atoms with Gasteiger partial charge in [-0.25, -0.2) is 4.79 Å². The van der Waals surface area contributed by atoms with E-state index >= 15 is 0 Å². The molecule has 0 rings (SSSR count). The van der Waals surface area contributed by atoms with Gasteiger partial charge in [-0.1, -0.05) is 6.92 Å². The van der Waals surface area contributed by atoms with Crippen LogP contribution in [0.5, 0.6) is 0 Å². The van der Waals surface area contributed by atoms with Crippen molar-refractivity contribution in [1.82, 2.24) is 0 Å². The minimum absolute atomic E-state index is 0.373. The average Bonchev–Trinajstić information content (AvgIpc) is 1.98. The minimum Gasteiger partial charge on any atom is -0.478 e. The molecular formula is C8H13NO2. The summed E-state index contributed by atoms with van der Waals surface area (Å²) in [5, 5.41) is 8.59. The number of carboxylic acid groups (broad SMARTS) is 1. The molecule has 0 bridgehead atoms.